The second-order valence-corrected chi connectivity index (χ2v) is 2.66. The van der Waals surface area contributed by atoms with Crippen molar-refractivity contribution in [1.29, 1.82) is 0 Å². The number of benzene rings is 1. The SMILES string of the molecule is COc1cccc(CBr)c1O. The van der Waals surface area contributed by atoms with Gasteiger partial charge in [0.2, 0.25) is 0 Å². The molecule has 0 heterocycles. The van der Waals surface area contributed by atoms with Gasteiger partial charge in [-0.2, -0.15) is 0 Å². The average molecular weight is 217 g/mol. The molecule has 0 spiro atoms. The number of methoxy groups -OCH3 is 1. The zero-order chi connectivity index (χ0) is 8.27. The van der Waals surface area contributed by atoms with E-state index in [1.165, 1.54) is 7.11 Å². The van der Waals surface area contributed by atoms with Gasteiger partial charge in [-0.15, -0.1) is 0 Å². The van der Waals surface area contributed by atoms with Gasteiger partial charge in [-0.1, -0.05) is 28.1 Å². The fraction of sp³-hybridized carbons (Fsp3) is 0.250. The standard InChI is InChI=1S/C8H9BrO2/c1-11-7-4-2-3-6(5-9)8(7)10/h2-4,10H,5H2,1H3. The number of rotatable bonds is 2. The summed E-state index contributed by atoms with van der Waals surface area (Å²) in [6, 6.07) is 5.41. The van der Waals surface area contributed by atoms with Gasteiger partial charge in [-0.25, -0.2) is 0 Å². The van der Waals surface area contributed by atoms with E-state index in [2.05, 4.69) is 15.9 Å². The van der Waals surface area contributed by atoms with Gasteiger partial charge in [0, 0.05) is 10.9 Å². The van der Waals surface area contributed by atoms with Crippen molar-refractivity contribution in [2.45, 2.75) is 5.33 Å². The summed E-state index contributed by atoms with van der Waals surface area (Å²) < 4.78 is 4.92. The third-order valence-corrected chi connectivity index (χ3v) is 2.05. The van der Waals surface area contributed by atoms with Gasteiger partial charge >= 0.3 is 0 Å². The molecule has 0 aliphatic heterocycles. The smallest absolute Gasteiger partial charge is 0.161 e. The fourth-order valence-corrected chi connectivity index (χ4v) is 1.29. The number of phenolic OH excluding ortho intramolecular Hbond substituents is 1. The van der Waals surface area contributed by atoms with Gasteiger partial charge in [-0.3, -0.25) is 0 Å². The molecule has 0 aliphatic rings. The van der Waals surface area contributed by atoms with Crippen molar-refractivity contribution in [2.24, 2.45) is 0 Å². The van der Waals surface area contributed by atoms with Crippen molar-refractivity contribution in [3.63, 3.8) is 0 Å². The Morgan fingerprint density at radius 2 is 2.27 bits per heavy atom. The maximum Gasteiger partial charge on any atom is 0.161 e. The van der Waals surface area contributed by atoms with Gasteiger partial charge in [0.05, 0.1) is 7.11 Å². The van der Waals surface area contributed by atoms with Gasteiger partial charge in [-0.05, 0) is 6.07 Å². The summed E-state index contributed by atoms with van der Waals surface area (Å²) in [5.41, 5.74) is 0.837. The lowest BCUT2D eigenvalue weighted by atomic mass is 10.2. The van der Waals surface area contributed by atoms with E-state index in [-0.39, 0.29) is 5.75 Å². The van der Waals surface area contributed by atoms with Gasteiger partial charge in [0.25, 0.3) is 0 Å². The summed E-state index contributed by atoms with van der Waals surface area (Å²) in [5, 5.41) is 10.1. The maximum atomic E-state index is 9.43. The molecule has 2 nitrogen and oxygen atoms in total. The minimum Gasteiger partial charge on any atom is -0.504 e. The van der Waals surface area contributed by atoms with Crippen LogP contribution in [0.3, 0.4) is 0 Å². The van der Waals surface area contributed by atoms with Crippen molar-refractivity contribution in [3.8, 4) is 11.5 Å². The zero-order valence-electron chi connectivity index (χ0n) is 6.17. The lowest BCUT2D eigenvalue weighted by molar-refractivity contribution is 0.371. The molecule has 0 amide bonds. The minimum atomic E-state index is 0.215. The monoisotopic (exact) mass is 216 g/mol. The molecule has 0 aliphatic carbocycles. The Morgan fingerprint density at radius 3 is 2.82 bits per heavy atom. The van der Waals surface area contributed by atoms with Crippen LogP contribution in [0, 0.1) is 0 Å². The largest absolute Gasteiger partial charge is 0.504 e. The van der Waals surface area contributed by atoms with Crippen LogP contribution in [-0.2, 0) is 5.33 Å². The number of alkyl halides is 1. The Morgan fingerprint density at radius 1 is 1.55 bits per heavy atom. The summed E-state index contributed by atoms with van der Waals surface area (Å²) in [4.78, 5) is 0. The number of phenols is 1. The van der Waals surface area contributed by atoms with E-state index in [0.717, 1.165) is 5.56 Å². The molecule has 1 aromatic carbocycles. The Kier molecular flexibility index (Phi) is 2.76. The lowest BCUT2D eigenvalue weighted by Crippen LogP contribution is -1.86. The van der Waals surface area contributed by atoms with Crippen LogP contribution in [-0.4, -0.2) is 12.2 Å². The number of hydrogen-bond donors (Lipinski definition) is 1. The van der Waals surface area contributed by atoms with Crippen LogP contribution in [0.4, 0.5) is 0 Å². The predicted octanol–water partition coefficient (Wildman–Crippen LogP) is 2.30. The number of para-hydroxylation sites is 1. The van der Waals surface area contributed by atoms with E-state index in [0.29, 0.717) is 11.1 Å². The molecular formula is C8H9BrO2. The number of halogens is 1. The van der Waals surface area contributed by atoms with Crippen LogP contribution in [0.2, 0.25) is 0 Å². The molecule has 0 atom stereocenters. The summed E-state index contributed by atoms with van der Waals surface area (Å²) in [5.74, 6) is 0.730. The van der Waals surface area contributed by atoms with Crippen LogP contribution in [0.5, 0.6) is 11.5 Å². The molecule has 0 saturated heterocycles. The van der Waals surface area contributed by atoms with Gasteiger partial charge in [0.15, 0.2) is 11.5 Å². The Balaban J connectivity index is 3.10. The molecule has 0 bridgehead atoms. The predicted molar refractivity (Wildman–Crippen MR) is 47.3 cm³/mol. The summed E-state index contributed by atoms with van der Waals surface area (Å²) in [6.07, 6.45) is 0. The number of aromatic hydroxyl groups is 1. The molecule has 0 saturated carbocycles. The molecule has 1 N–H and O–H groups in total. The molecule has 0 aromatic heterocycles. The van der Waals surface area contributed by atoms with Crippen molar-refractivity contribution >= 4 is 15.9 Å². The van der Waals surface area contributed by atoms with Gasteiger partial charge in [0.1, 0.15) is 0 Å². The quantitative estimate of drug-likeness (QED) is 0.770. The van der Waals surface area contributed by atoms with E-state index < -0.39 is 0 Å². The highest BCUT2D eigenvalue weighted by atomic mass is 79.9. The molecule has 3 heteroatoms. The first-order valence-corrected chi connectivity index (χ1v) is 4.32. The van der Waals surface area contributed by atoms with E-state index in [4.69, 9.17) is 4.74 Å². The van der Waals surface area contributed by atoms with Crippen LogP contribution < -0.4 is 4.74 Å². The average Bonchev–Trinajstić information content (AvgIpc) is 2.05. The molecule has 0 radical (unpaired) electrons. The first-order chi connectivity index (χ1) is 5.29. The highest BCUT2D eigenvalue weighted by molar-refractivity contribution is 9.08. The molecule has 60 valence electrons. The van der Waals surface area contributed by atoms with Crippen LogP contribution in [0.1, 0.15) is 5.56 Å². The highest BCUT2D eigenvalue weighted by Gasteiger charge is 2.04. The van der Waals surface area contributed by atoms with E-state index in [1.54, 1.807) is 6.07 Å². The van der Waals surface area contributed by atoms with E-state index >= 15 is 0 Å². The van der Waals surface area contributed by atoms with Crippen LogP contribution in [0.25, 0.3) is 0 Å². The third-order valence-electron chi connectivity index (χ3n) is 1.45. The Labute approximate surface area is 73.9 Å². The maximum absolute atomic E-state index is 9.43. The zero-order valence-corrected chi connectivity index (χ0v) is 7.76. The highest BCUT2D eigenvalue weighted by Crippen LogP contribution is 2.30. The van der Waals surface area contributed by atoms with E-state index in [9.17, 15) is 5.11 Å². The van der Waals surface area contributed by atoms with Crippen molar-refractivity contribution in [2.75, 3.05) is 7.11 Å². The van der Waals surface area contributed by atoms with Crippen molar-refractivity contribution < 1.29 is 9.84 Å². The summed E-state index contributed by atoms with van der Waals surface area (Å²) in [7, 11) is 1.53. The fourth-order valence-electron chi connectivity index (χ4n) is 0.840. The second kappa shape index (κ2) is 3.62. The third kappa shape index (κ3) is 1.66. The van der Waals surface area contributed by atoms with Gasteiger partial charge < -0.3 is 9.84 Å². The number of hydrogen-bond acceptors (Lipinski definition) is 2. The van der Waals surface area contributed by atoms with Crippen LogP contribution in [0.15, 0.2) is 18.2 Å². The summed E-state index contributed by atoms with van der Waals surface area (Å²) >= 11 is 3.26. The molecule has 1 aromatic rings. The normalized spacial score (nSPS) is 9.64. The van der Waals surface area contributed by atoms with Crippen LogP contribution >= 0.6 is 15.9 Å². The molecule has 1 rings (SSSR count). The number of ether oxygens (including phenoxy) is 1. The van der Waals surface area contributed by atoms with E-state index in [1.807, 2.05) is 12.1 Å². The minimum absolute atomic E-state index is 0.215. The Bertz CT molecular complexity index is 226. The molecule has 11 heavy (non-hydrogen) atoms. The van der Waals surface area contributed by atoms with Crippen molar-refractivity contribution in [1.82, 2.24) is 0 Å². The first kappa shape index (κ1) is 8.40. The van der Waals surface area contributed by atoms with Crippen molar-refractivity contribution in [3.05, 3.63) is 23.8 Å². The molecule has 0 fully saturated rings. The molecular weight excluding hydrogens is 208 g/mol. The first-order valence-electron chi connectivity index (χ1n) is 3.20. The lowest BCUT2D eigenvalue weighted by Gasteiger charge is -2.05. The topological polar surface area (TPSA) is 29.5 Å². The second-order valence-electron chi connectivity index (χ2n) is 2.10. The summed E-state index contributed by atoms with van der Waals surface area (Å²) in [6.45, 7) is 0. The molecule has 0 unspecified atom stereocenters. The Hall–Kier alpha value is -0.700.